The summed E-state index contributed by atoms with van der Waals surface area (Å²) in [6.07, 6.45) is 3.98. The average molecular weight is 271 g/mol. The molecule has 2 aliphatic rings. The minimum atomic E-state index is 0.156. The Balaban J connectivity index is 1.80. The van der Waals surface area contributed by atoms with E-state index in [0.717, 1.165) is 25.9 Å². The van der Waals surface area contributed by atoms with Crippen molar-refractivity contribution in [2.45, 2.75) is 25.3 Å². The van der Waals surface area contributed by atoms with Gasteiger partial charge in [-0.1, -0.05) is 0 Å². The molecule has 2 fully saturated rings. The van der Waals surface area contributed by atoms with E-state index >= 15 is 0 Å². The van der Waals surface area contributed by atoms with Gasteiger partial charge < -0.3 is 16.0 Å². The number of piperidine rings is 2. The molecule has 2 saturated heterocycles. The molecule has 6 nitrogen and oxygen atoms in total. The van der Waals surface area contributed by atoms with Crippen LogP contribution in [0.3, 0.4) is 0 Å². The number of fused-ring (bicyclic) bond motifs is 1. The lowest BCUT2D eigenvalue weighted by molar-refractivity contribution is -0.124. The zero-order chi connectivity index (χ0) is 14.1. The number of nitrogen functional groups attached to an aromatic ring is 1. The highest BCUT2D eigenvalue weighted by atomic mass is 16.1. The molecule has 1 amide bonds. The van der Waals surface area contributed by atoms with Crippen molar-refractivity contribution in [1.29, 1.82) is 5.26 Å². The van der Waals surface area contributed by atoms with Gasteiger partial charge in [0.2, 0.25) is 5.91 Å². The molecule has 2 atom stereocenters. The molecule has 3 N–H and O–H groups in total. The number of hydrogen-bond acceptors (Lipinski definition) is 5. The van der Waals surface area contributed by atoms with E-state index in [4.69, 9.17) is 5.73 Å². The molecule has 20 heavy (non-hydrogen) atoms. The van der Waals surface area contributed by atoms with Crippen LogP contribution in [-0.2, 0) is 4.79 Å². The second-order valence-corrected chi connectivity index (χ2v) is 5.46. The molecule has 0 aliphatic carbocycles. The number of nitrogens with two attached hydrogens (primary N) is 1. The van der Waals surface area contributed by atoms with Gasteiger partial charge in [0.1, 0.15) is 11.9 Å². The summed E-state index contributed by atoms with van der Waals surface area (Å²) in [7, 11) is 0. The Morgan fingerprint density at radius 2 is 2.35 bits per heavy atom. The lowest BCUT2D eigenvalue weighted by Gasteiger charge is -2.42. The molecule has 6 heteroatoms. The minimum absolute atomic E-state index is 0.156. The second kappa shape index (κ2) is 5.00. The summed E-state index contributed by atoms with van der Waals surface area (Å²) in [5.74, 6) is 1.30. The van der Waals surface area contributed by atoms with Crippen molar-refractivity contribution in [2.24, 2.45) is 5.92 Å². The molecule has 104 valence electrons. The number of amides is 1. The topological polar surface area (TPSA) is 95.0 Å². The van der Waals surface area contributed by atoms with Crippen LogP contribution in [0.2, 0.25) is 0 Å². The molecule has 0 spiro atoms. The number of anilines is 2. The predicted molar refractivity (Wildman–Crippen MR) is 74.8 cm³/mol. The summed E-state index contributed by atoms with van der Waals surface area (Å²) in [6, 6.07) is 4.09. The smallest absolute Gasteiger partial charge is 0.220 e. The predicted octanol–water partition coefficient (Wildman–Crippen LogP) is 0.640. The van der Waals surface area contributed by atoms with Crippen LogP contribution in [0.1, 0.15) is 24.8 Å². The largest absolute Gasteiger partial charge is 0.397 e. The number of rotatable bonds is 1. The summed E-state index contributed by atoms with van der Waals surface area (Å²) in [4.78, 5) is 17.9. The van der Waals surface area contributed by atoms with Crippen molar-refractivity contribution in [2.75, 3.05) is 23.7 Å². The molecule has 0 bridgehead atoms. The first-order chi connectivity index (χ1) is 9.67. The minimum Gasteiger partial charge on any atom is -0.397 e. The van der Waals surface area contributed by atoms with Crippen LogP contribution in [0.15, 0.2) is 12.3 Å². The second-order valence-electron chi connectivity index (χ2n) is 5.46. The first-order valence-electron chi connectivity index (χ1n) is 6.87. The van der Waals surface area contributed by atoms with E-state index in [1.165, 1.54) is 0 Å². The third-order valence-electron chi connectivity index (χ3n) is 4.13. The summed E-state index contributed by atoms with van der Waals surface area (Å²) >= 11 is 0. The Labute approximate surface area is 117 Å². The van der Waals surface area contributed by atoms with Crippen LogP contribution in [-0.4, -0.2) is 30.0 Å². The van der Waals surface area contributed by atoms with Gasteiger partial charge in [-0.2, -0.15) is 5.26 Å². The normalized spacial score (nSPS) is 25.6. The molecular weight excluding hydrogens is 254 g/mol. The fraction of sp³-hybridized carbons (Fsp3) is 0.500. The van der Waals surface area contributed by atoms with Crippen molar-refractivity contribution in [3.63, 3.8) is 0 Å². The molecule has 3 rings (SSSR count). The van der Waals surface area contributed by atoms with E-state index in [2.05, 4.69) is 21.3 Å². The number of hydrogen-bond donors (Lipinski definition) is 2. The lowest BCUT2D eigenvalue weighted by atomic mass is 9.85. The number of carbonyl (C=O) groups is 1. The Kier molecular flexibility index (Phi) is 3.18. The third-order valence-corrected chi connectivity index (χ3v) is 4.13. The van der Waals surface area contributed by atoms with Gasteiger partial charge >= 0.3 is 0 Å². The van der Waals surface area contributed by atoms with Crippen molar-refractivity contribution >= 4 is 17.4 Å². The molecule has 1 aromatic rings. The Morgan fingerprint density at radius 3 is 3.15 bits per heavy atom. The van der Waals surface area contributed by atoms with Crippen molar-refractivity contribution < 1.29 is 4.79 Å². The Morgan fingerprint density at radius 1 is 1.50 bits per heavy atom. The van der Waals surface area contributed by atoms with E-state index in [1.807, 2.05) is 0 Å². The first-order valence-corrected chi connectivity index (χ1v) is 6.87. The van der Waals surface area contributed by atoms with Gasteiger partial charge in [-0.25, -0.2) is 4.98 Å². The van der Waals surface area contributed by atoms with E-state index in [1.54, 1.807) is 12.3 Å². The standard InChI is InChI=1S/C14H17N5O/c15-6-10-5-11(16)7-17-14(10)19-4-3-12-9(8-19)1-2-13(20)18-12/h5,7,9,12H,1-4,8,16H2,(H,18,20). The van der Waals surface area contributed by atoms with Crippen LogP contribution in [0, 0.1) is 17.2 Å². The lowest BCUT2D eigenvalue weighted by Crippen LogP contribution is -2.54. The van der Waals surface area contributed by atoms with Crippen molar-refractivity contribution in [3.8, 4) is 6.07 Å². The maximum absolute atomic E-state index is 11.4. The molecule has 0 saturated carbocycles. The van der Waals surface area contributed by atoms with Crippen LogP contribution >= 0.6 is 0 Å². The summed E-state index contributed by atoms with van der Waals surface area (Å²) in [5.41, 5.74) is 6.70. The highest BCUT2D eigenvalue weighted by Crippen LogP contribution is 2.29. The summed E-state index contributed by atoms with van der Waals surface area (Å²) < 4.78 is 0. The van der Waals surface area contributed by atoms with E-state index in [0.29, 0.717) is 29.4 Å². The first kappa shape index (κ1) is 12.7. The van der Waals surface area contributed by atoms with E-state index in [-0.39, 0.29) is 11.9 Å². The monoisotopic (exact) mass is 271 g/mol. The van der Waals surface area contributed by atoms with Gasteiger partial charge in [0.15, 0.2) is 0 Å². The molecule has 1 aromatic heterocycles. The van der Waals surface area contributed by atoms with Crippen LogP contribution in [0.25, 0.3) is 0 Å². The quantitative estimate of drug-likeness (QED) is 0.781. The summed E-state index contributed by atoms with van der Waals surface area (Å²) in [6.45, 7) is 1.63. The Bertz CT molecular complexity index is 579. The van der Waals surface area contributed by atoms with Gasteiger partial charge in [0, 0.05) is 25.6 Å². The van der Waals surface area contributed by atoms with Crippen LogP contribution < -0.4 is 16.0 Å². The van der Waals surface area contributed by atoms with Crippen LogP contribution in [0.5, 0.6) is 0 Å². The fourth-order valence-electron chi connectivity index (χ4n) is 3.11. The average Bonchev–Trinajstić information content (AvgIpc) is 2.46. The van der Waals surface area contributed by atoms with Crippen LogP contribution in [0.4, 0.5) is 11.5 Å². The summed E-state index contributed by atoms with van der Waals surface area (Å²) in [5, 5.41) is 12.3. The van der Waals surface area contributed by atoms with Crippen molar-refractivity contribution in [3.05, 3.63) is 17.8 Å². The van der Waals surface area contributed by atoms with Gasteiger partial charge in [-0.3, -0.25) is 4.79 Å². The molecule has 2 aliphatic heterocycles. The number of nitrogens with zero attached hydrogens (tertiary/aromatic N) is 3. The molecule has 3 heterocycles. The highest BCUT2D eigenvalue weighted by Gasteiger charge is 2.34. The van der Waals surface area contributed by atoms with E-state index in [9.17, 15) is 10.1 Å². The van der Waals surface area contributed by atoms with Gasteiger partial charge in [0.05, 0.1) is 17.4 Å². The zero-order valence-electron chi connectivity index (χ0n) is 11.2. The molecule has 0 aromatic carbocycles. The van der Waals surface area contributed by atoms with E-state index < -0.39 is 0 Å². The van der Waals surface area contributed by atoms with Gasteiger partial charge in [0.25, 0.3) is 0 Å². The molecule has 0 radical (unpaired) electrons. The zero-order valence-corrected chi connectivity index (χ0v) is 11.2. The maximum Gasteiger partial charge on any atom is 0.220 e. The number of aromatic nitrogens is 1. The third kappa shape index (κ3) is 2.27. The number of nitriles is 1. The fourth-order valence-corrected chi connectivity index (χ4v) is 3.11. The SMILES string of the molecule is N#Cc1cc(N)cnc1N1CCC2NC(=O)CCC2C1. The number of pyridine rings is 1. The maximum atomic E-state index is 11.4. The molecule has 2 unspecified atom stereocenters. The number of nitrogens with one attached hydrogen (secondary N) is 1. The van der Waals surface area contributed by atoms with Gasteiger partial charge in [-0.15, -0.1) is 0 Å². The van der Waals surface area contributed by atoms with Gasteiger partial charge in [-0.05, 0) is 24.8 Å². The Hall–Kier alpha value is -2.29. The van der Waals surface area contributed by atoms with Crippen molar-refractivity contribution in [1.82, 2.24) is 10.3 Å². The molecular formula is C14H17N5O. The highest BCUT2D eigenvalue weighted by molar-refractivity contribution is 5.77. The number of carbonyl (C=O) groups excluding carboxylic acids is 1.